The maximum Gasteiger partial charge on any atom is 0.339 e. The molecule has 108 valence electrons. The zero-order valence-corrected chi connectivity index (χ0v) is 12.0. The number of carboxylic acids is 1. The average molecular weight is 277 g/mol. The molecule has 1 amide bonds. The monoisotopic (exact) mass is 277 g/mol. The Hall–Kier alpha value is -1.98. The van der Waals surface area contributed by atoms with Crippen molar-refractivity contribution in [1.29, 1.82) is 0 Å². The predicted octanol–water partition coefficient (Wildman–Crippen LogP) is 1.57. The zero-order chi connectivity index (χ0) is 14.9. The van der Waals surface area contributed by atoms with Crippen molar-refractivity contribution in [1.82, 2.24) is 14.9 Å². The van der Waals surface area contributed by atoms with E-state index in [0.717, 1.165) is 0 Å². The first-order valence-corrected chi connectivity index (χ1v) is 6.59. The van der Waals surface area contributed by atoms with E-state index in [4.69, 9.17) is 5.11 Å². The van der Waals surface area contributed by atoms with Gasteiger partial charge in [0.25, 0.3) is 0 Å². The Balaban J connectivity index is 2.16. The molecule has 6 nitrogen and oxygen atoms in total. The molecular weight excluding hydrogens is 258 g/mol. The van der Waals surface area contributed by atoms with Crippen LogP contribution in [0.25, 0.3) is 0 Å². The first-order valence-electron chi connectivity index (χ1n) is 6.59. The van der Waals surface area contributed by atoms with Gasteiger partial charge in [0.15, 0.2) is 0 Å². The minimum atomic E-state index is -1.07. The van der Waals surface area contributed by atoms with E-state index >= 15 is 0 Å². The molecule has 1 fully saturated rings. The second kappa shape index (κ2) is 5.19. The van der Waals surface area contributed by atoms with Gasteiger partial charge in [-0.15, -0.1) is 0 Å². The third kappa shape index (κ3) is 2.95. The molecule has 6 heteroatoms. The summed E-state index contributed by atoms with van der Waals surface area (Å²) in [5, 5.41) is 9.10. The lowest BCUT2D eigenvalue weighted by Crippen LogP contribution is -2.28. The summed E-state index contributed by atoms with van der Waals surface area (Å²) in [5.74, 6) is -0.732. The largest absolute Gasteiger partial charge is 0.478 e. The molecule has 1 saturated heterocycles. The molecule has 2 heterocycles. The lowest BCUT2D eigenvalue weighted by atomic mass is 9.80. The smallest absolute Gasteiger partial charge is 0.339 e. The Morgan fingerprint density at radius 1 is 1.50 bits per heavy atom. The number of aromatic nitrogens is 2. The molecule has 1 unspecified atom stereocenters. The molecule has 0 radical (unpaired) electrons. The van der Waals surface area contributed by atoms with Gasteiger partial charge in [0.05, 0.1) is 12.2 Å². The summed E-state index contributed by atoms with van der Waals surface area (Å²) in [7, 11) is 0. The van der Waals surface area contributed by atoms with Crippen molar-refractivity contribution in [2.45, 2.75) is 33.7 Å². The summed E-state index contributed by atoms with van der Waals surface area (Å²) in [5.41, 5.74) is 0.501. The van der Waals surface area contributed by atoms with E-state index < -0.39 is 5.97 Å². The maximum absolute atomic E-state index is 12.1. The summed E-state index contributed by atoms with van der Waals surface area (Å²) < 4.78 is 0. The molecule has 1 aliphatic rings. The topological polar surface area (TPSA) is 83.4 Å². The molecule has 0 saturated carbocycles. The van der Waals surface area contributed by atoms with Gasteiger partial charge in [0, 0.05) is 19.2 Å². The minimum absolute atomic E-state index is 0.0551. The molecule has 1 aliphatic heterocycles. The van der Waals surface area contributed by atoms with Crippen molar-refractivity contribution in [3.63, 3.8) is 0 Å². The van der Waals surface area contributed by atoms with Crippen LogP contribution in [0.3, 0.4) is 0 Å². The Kier molecular flexibility index (Phi) is 3.74. The standard InChI is InChI=1S/C14H19N3O3/c1-14(2,3)9-4-12(18)17(6-9)7-11-10(13(19)20)5-15-8-16-11/h5,8-9H,4,6-7H2,1-3H3,(H,19,20). The molecular formula is C14H19N3O3. The lowest BCUT2D eigenvalue weighted by Gasteiger charge is -2.26. The van der Waals surface area contributed by atoms with Gasteiger partial charge >= 0.3 is 5.97 Å². The van der Waals surface area contributed by atoms with Crippen LogP contribution in [0.5, 0.6) is 0 Å². The van der Waals surface area contributed by atoms with Crippen LogP contribution in [0.1, 0.15) is 43.2 Å². The van der Waals surface area contributed by atoms with E-state index in [-0.39, 0.29) is 29.3 Å². The zero-order valence-electron chi connectivity index (χ0n) is 12.0. The van der Waals surface area contributed by atoms with Crippen LogP contribution in [-0.2, 0) is 11.3 Å². The number of aromatic carboxylic acids is 1. The van der Waals surface area contributed by atoms with Crippen molar-refractivity contribution in [3.05, 3.63) is 23.8 Å². The van der Waals surface area contributed by atoms with Crippen LogP contribution in [0.15, 0.2) is 12.5 Å². The molecule has 1 atom stereocenters. The van der Waals surface area contributed by atoms with Crippen LogP contribution < -0.4 is 0 Å². The SMILES string of the molecule is CC(C)(C)C1CC(=O)N(Cc2ncncc2C(=O)O)C1. The molecule has 0 bridgehead atoms. The average Bonchev–Trinajstić information content (AvgIpc) is 2.71. The van der Waals surface area contributed by atoms with Crippen LogP contribution in [0, 0.1) is 11.3 Å². The first kappa shape index (κ1) is 14.4. The molecule has 0 aliphatic carbocycles. The van der Waals surface area contributed by atoms with Gasteiger partial charge in [-0.3, -0.25) is 4.79 Å². The van der Waals surface area contributed by atoms with Gasteiger partial charge in [-0.1, -0.05) is 20.8 Å². The maximum atomic E-state index is 12.1. The fourth-order valence-electron chi connectivity index (χ4n) is 2.35. The summed E-state index contributed by atoms with van der Waals surface area (Å²) in [6.45, 7) is 7.21. The van der Waals surface area contributed by atoms with Crippen molar-refractivity contribution in [3.8, 4) is 0 Å². The third-order valence-electron chi connectivity index (χ3n) is 3.81. The van der Waals surface area contributed by atoms with Gasteiger partial charge in [-0.25, -0.2) is 14.8 Å². The van der Waals surface area contributed by atoms with E-state index in [0.29, 0.717) is 18.7 Å². The highest BCUT2D eigenvalue weighted by Gasteiger charge is 2.37. The molecule has 0 aromatic carbocycles. The fourth-order valence-corrected chi connectivity index (χ4v) is 2.35. The molecule has 2 rings (SSSR count). The number of carbonyl (C=O) groups is 2. The van der Waals surface area contributed by atoms with E-state index in [9.17, 15) is 9.59 Å². The van der Waals surface area contributed by atoms with Crippen LogP contribution in [0.2, 0.25) is 0 Å². The Morgan fingerprint density at radius 3 is 2.75 bits per heavy atom. The lowest BCUT2D eigenvalue weighted by molar-refractivity contribution is -0.128. The van der Waals surface area contributed by atoms with Gasteiger partial charge in [0.1, 0.15) is 11.9 Å². The summed E-state index contributed by atoms with van der Waals surface area (Å²) >= 11 is 0. The van der Waals surface area contributed by atoms with Gasteiger partial charge < -0.3 is 10.0 Å². The molecule has 1 aromatic rings. The Labute approximate surface area is 117 Å². The van der Waals surface area contributed by atoms with Crippen molar-refractivity contribution in [2.24, 2.45) is 11.3 Å². The number of amides is 1. The number of hydrogen-bond donors (Lipinski definition) is 1. The molecule has 1 aromatic heterocycles. The third-order valence-corrected chi connectivity index (χ3v) is 3.81. The molecule has 20 heavy (non-hydrogen) atoms. The van der Waals surface area contributed by atoms with Crippen molar-refractivity contribution < 1.29 is 14.7 Å². The quantitative estimate of drug-likeness (QED) is 0.906. The number of nitrogens with zero attached hydrogens (tertiary/aromatic N) is 3. The highest BCUT2D eigenvalue weighted by molar-refractivity contribution is 5.88. The number of carboxylic acid groups (broad SMARTS) is 1. The van der Waals surface area contributed by atoms with E-state index in [1.165, 1.54) is 12.5 Å². The van der Waals surface area contributed by atoms with Gasteiger partial charge in [-0.05, 0) is 11.3 Å². The van der Waals surface area contributed by atoms with Crippen LogP contribution in [0.4, 0.5) is 0 Å². The molecule has 0 spiro atoms. The van der Waals surface area contributed by atoms with Crippen LogP contribution >= 0.6 is 0 Å². The number of carbonyl (C=O) groups excluding carboxylic acids is 1. The van der Waals surface area contributed by atoms with E-state index in [1.54, 1.807) is 4.90 Å². The Morgan fingerprint density at radius 2 is 2.20 bits per heavy atom. The van der Waals surface area contributed by atoms with Crippen molar-refractivity contribution >= 4 is 11.9 Å². The first-order chi connectivity index (χ1) is 9.29. The summed E-state index contributed by atoms with van der Waals surface area (Å²) in [4.78, 5) is 32.6. The summed E-state index contributed by atoms with van der Waals surface area (Å²) in [6, 6.07) is 0. The number of rotatable bonds is 3. The van der Waals surface area contributed by atoms with Gasteiger partial charge in [0.2, 0.25) is 5.91 Å². The highest BCUT2D eigenvalue weighted by atomic mass is 16.4. The van der Waals surface area contributed by atoms with E-state index in [1.807, 2.05) is 0 Å². The second-order valence-electron chi connectivity index (χ2n) is 6.23. The Bertz CT molecular complexity index is 537. The fraction of sp³-hybridized carbons (Fsp3) is 0.571. The van der Waals surface area contributed by atoms with Gasteiger partial charge in [-0.2, -0.15) is 0 Å². The second-order valence-corrected chi connectivity index (χ2v) is 6.23. The minimum Gasteiger partial charge on any atom is -0.478 e. The van der Waals surface area contributed by atoms with Crippen LogP contribution in [-0.4, -0.2) is 38.4 Å². The normalized spacial score (nSPS) is 19.4. The molecule has 1 N–H and O–H groups in total. The number of hydrogen-bond acceptors (Lipinski definition) is 4. The van der Waals surface area contributed by atoms with E-state index in [2.05, 4.69) is 30.7 Å². The highest BCUT2D eigenvalue weighted by Crippen LogP contribution is 2.34. The number of likely N-dealkylation sites (tertiary alicyclic amines) is 1. The van der Waals surface area contributed by atoms with Crippen molar-refractivity contribution in [2.75, 3.05) is 6.54 Å². The summed E-state index contributed by atoms with van der Waals surface area (Å²) in [6.07, 6.45) is 3.09. The predicted molar refractivity (Wildman–Crippen MR) is 72.0 cm³/mol.